The number of rotatable bonds is 4. The van der Waals surface area contributed by atoms with Crippen LogP contribution in [0, 0.1) is 5.92 Å². The fourth-order valence-corrected chi connectivity index (χ4v) is 4.32. The first kappa shape index (κ1) is 18.9. The summed E-state index contributed by atoms with van der Waals surface area (Å²) in [7, 11) is 0. The van der Waals surface area contributed by atoms with Crippen LogP contribution in [0.3, 0.4) is 0 Å². The van der Waals surface area contributed by atoms with Crippen LogP contribution in [-0.2, 0) is 9.53 Å². The summed E-state index contributed by atoms with van der Waals surface area (Å²) in [4.78, 5) is 34.4. The molecule has 0 aromatic carbocycles. The molecule has 2 saturated heterocycles. The lowest BCUT2D eigenvalue weighted by Gasteiger charge is -2.31. The van der Waals surface area contributed by atoms with Gasteiger partial charge in [-0.05, 0) is 36.4 Å². The second-order valence-corrected chi connectivity index (χ2v) is 8.01. The molecule has 0 aliphatic carbocycles. The highest BCUT2D eigenvalue weighted by molar-refractivity contribution is 7.12. The van der Waals surface area contributed by atoms with Crippen molar-refractivity contribution in [3.05, 3.63) is 40.7 Å². The van der Waals surface area contributed by atoms with E-state index in [0.29, 0.717) is 18.9 Å². The van der Waals surface area contributed by atoms with Gasteiger partial charge in [0.25, 0.3) is 5.91 Å². The maximum atomic E-state index is 12.7. The number of pyridine rings is 1. The van der Waals surface area contributed by atoms with Gasteiger partial charge in [-0.1, -0.05) is 6.07 Å². The smallest absolute Gasteiger partial charge is 0.263 e. The highest BCUT2D eigenvalue weighted by Gasteiger charge is 2.29. The quantitative estimate of drug-likeness (QED) is 0.853. The Kier molecular flexibility index (Phi) is 5.87. The van der Waals surface area contributed by atoms with Gasteiger partial charge >= 0.3 is 0 Å². The van der Waals surface area contributed by atoms with Crippen molar-refractivity contribution in [3.63, 3.8) is 0 Å². The second kappa shape index (κ2) is 8.70. The summed E-state index contributed by atoms with van der Waals surface area (Å²) in [6.07, 6.45) is 3.40. The minimum absolute atomic E-state index is 0.0143. The van der Waals surface area contributed by atoms with Gasteiger partial charge in [-0.15, -0.1) is 11.3 Å². The van der Waals surface area contributed by atoms with E-state index in [-0.39, 0.29) is 17.7 Å². The van der Waals surface area contributed by atoms with E-state index in [1.54, 1.807) is 11.1 Å². The molecule has 4 rings (SSSR count). The summed E-state index contributed by atoms with van der Waals surface area (Å²) in [6.45, 7) is 4.30. The Bertz CT molecular complexity index is 803. The van der Waals surface area contributed by atoms with Crippen LogP contribution >= 0.6 is 11.3 Å². The van der Waals surface area contributed by atoms with E-state index in [0.717, 1.165) is 49.7 Å². The average Bonchev–Trinajstić information content (AvgIpc) is 3.29. The Balaban J connectivity index is 1.34. The van der Waals surface area contributed by atoms with E-state index in [1.165, 1.54) is 11.3 Å². The third-order valence-electron chi connectivity index (χ3n) is 5.19. The van der Waals surface area contributed by atoms with Gasteiger partial charge in [0, 0.05) is 26.2 Å². The predicted octanol–water partition coefficient (Wildman–Crippen LogP) is 2.47. The van der Waals surface area contributed by atoms with Gasteiger partial charge in [-0.25, -0.2) is 4.98 Å². The number of nitrogens with zero attached hydrogens (tertiary/aromatic N) is 3. The van der Waals surface area contributed by atoms with Gasteiger partial charge in [0.05, 0.1) is 35.9 Å². The van der Waals surface area contributed by atoms with Crippen LogP contribution in [0.2, 0.25) is 0 Å². The van der Waals surface area contributed by atoms with Gasteiger partial charge in [0.1, 0.15) is 5.82 Å². The van der Waals surface area contributed by atoms with E-state index in [1.807, 2.05) is 29.6 Å². The molecule has 7 nitrogen and oxygen atoms in total. The molecular formula is C20H24N4O3S. The van der Waals surface area contributed by atoms with Crippen molar-refractivity contribution in [1.29, 1.82) is 0 Å². The van der Waals surface area contributed by atoms with E-state index in [2.05, 4.69) is 15.2 Å². The van der Waals surface area contributed by atoms with Crippen LogP contribution < -0.4 is 10.2 Å². The Hall–Kier alpha value is -2.45. The minimum Gasteiger partial charge on any atom is -0.378 e. The Morgan fingerprint density at radius 1 is 1.18 bits per heavy atom. The normalized spacial score (nSPS) is 20.1. The Labute approximate surface area is 168 Å². The van der Waals surface area contributed by atoms with Crippen LogP contribution in [-0.4, -0.2) is 61.1 Å². The first-order valence-corrected chi connectivity index (χ1v) is 10.5. The molecule has 2 aromatic heterocycles. The first-order valence-electron chi connectivity index (χ1n) is 9.63. The largest absolute Gasteiger partial charge is 0.378 e. The van der Waals surface area contributed by atoms with E-state index in [4.69, 9.17) is 4.74 Å². The zero-order valence-corrected chi connectivity index (χ0v) is 16.5. The number of ether oxygens (including phenoxy) is 1. The highest BCUT2D eigenvalue weighted by Crippen LogP contribution is 2.22. The summed E-state index contributed by atoms with van der Waals surface area (Å²) < 4.78 is 5.37. The van der Waals surface area contributed by atoms with Gasteiger partial charge in [0.15, 0.2) is 0 Å². The molecule has 2 aliphatic heterocycles. The Morgan fingerprint density at radius 3 is 2.75 bits per heavy atom. The molecule has 0 bridgehead atoms. The van der Waals surface area contributed by atoms with Gasteiger partial charge in [-0.3, -0.25) is 9.59 Å². The lowest BCUT2D eigenvalue weighted by Crippen LogP contribution is -2.43. The molecule has 148 valence electrons. The maximum Gasteiger partial charge on any atom is 0.263 e. The maximum absolute atomic E-state index is 12.7. The SMILES string of the molecule is O=C(Nc1ccc(N2CCOCC2)cn1)[C@@H]1CCCN(C(=O)c2cccs2)C1. The van der Waals surface area contributed by atoms with Crippen LogP contribution in [0.1, 0.15) is 22.5 Å². The van der Waals surface area contributed by atoms with Crippen LogP contribution in [0.4, 0.5) is 11.5 Å². The zero-order chi connectivity index (χ0) is 19.3. The van der Waals surface area contributed by atoms with Crippen molar-refractivity contribution in [3.8, 4) is 0 Å². The molecule has 2 aliphatic rings. The fourth-order valence-electron chi connectivity index (χ4n) is 3.63. The van der Waals surface area contributed by atoms with Crippen LogP contribution in [0.5, 0.6) is 0 Å². The fraction of sp³-hybridized carbons (Fsp3) is 0.450. The molecule has 1 atom stereocenters. The molecule has 0 spiro atoms. The number of hydrogen-bond donors (Lipinski definition) is 1. The summed E-state index contributed by atoms with van der Waals surface area (Å²) in [5, 5.41) is 4.80. The highest BCUT2D eigenvalue weighted by atomic mass is 32.1. The van der Waals surface area contributed by atoms with Gasteiger partial charge in [-0.2, -0.15) is 0 Å². The molecule has 2 aromatic rings. The number of morpholine rings is 1. The van der Waals surface area contributed by atoms with E-state index < -0.39 is 0 Å². The molecule has 2 amide bonds. The number of nitrogens with one attached hydrogen (secondary N) is 1. The Morgan fingerprint density at radius 2 is 2.04 bits per heavy atom. The molecule has 1 N–H and O–H groups in total. The minimum atomic E-state index is -0.210. The molecule has 0 unspecified atom stereocenters. The summed E-state index contributed by atoms with van der Waals surface area (Å²) in [5.41, 5.74) is 1.03. The number of aromatic nitrogens is 1. The molecule has 0 saturated carbocycles. The monoisotopic (exact) mass is 400 g/mol. The average molecular weight is 401 g/mol. The molecular weight excluding hydrogens is 376 g/mol. The lowest BCUT2D eigenvalue weighted by molar-refractivity contribution is -0.121. The standard InChI is InChI=1S/C20H24N4O3S/c25-19(15-3-1-7-24(14-15)20(26)17-4-2-12-28-17)22-18-6-5-16(13-21-18)23-8-10-27-11-9-23/h2,4-6,12-13,15H,1,3,7-11,14H2,(H,21,22,25)/t15-/m1/s1. The molecule has 28 heavy (non-hydrogen) atoms. The summed E-state index contributed by atoms with van der Waals surface area (Å²) >= 11 is 1.44. The molecule has 8 heteroatoms. The van der Waals surface area contributed by atoms with Crippen molar-refractivity contribution in [1.82, 2.24) is 9.88 Å². The first-order chi connectivity index (χ1) is 13.7. The van der Waals surface area contributed by atoms with Crippen molar-refractivity contribution < 1.29 is 14.3 Å². The second-order valence-electron chi connectivity index (χ2n) is 7.06. The van der Waals surface area contributed by atoms with Crippen LogP contribution in [0.15, 0.2) is 35.8 Å². The number of amides is 2. The molecule has 4 heterocycles. The van der Waals surface area contributed by atoms with E-state index in [9.17, 15) is 9.59 Å². The third-order valence-corrected chi connectivity index (χ3v) is 6.04. The van der Waals surface area contributed by atoms with Gasteiger partial charge < -0.3 is 19.9 Å². The van der Waals surface area contributed by atoms with Crippen molar-refractivity contribution >= 4 is 34.7 Å². The number of hydrogen-bond acceptors (Lipinski definition) is 6. The van der Waals surface area contributed by atoms with Crippen molar-refractivity contribution in [2.45, 2.75) is 12.8 Å². The number of anilines is 2. The number of thiophene rings is 1. The third kappa shape index (κ3) is 4.34. The van der Waals surface area contributed by atoms with Crippen molar-refractivity contribution in [2.75, 3.05) is 49.6 Å². The van der Waals surface area contributed by atoms with E-state index >= 15 is 0 Å². The number of likely N-dealkylation sites (tertiary alicyclic amines) is 1. The molecule has 2 fully saturated rings. The topological polar surface area (TPSA) is 74.8 Å². The van der Waals surface area contributed by atoms with Crippen LogP contribution in [0.25, 0.3) is 0 Å². The van der Waals surface area contributed by atoms with Crippen molar-refractivity contribution in [2.24, 2.45) is 5.92 Å². The molecule has 0 radical (unpaired) electrons. The lowest BCUT2D eigenvalue weighted by atomic mass is 9.97. The number of piperidine rings is 1. The number of carbonyl (C=O) groups excluding carboxylic acids is 2. The van der Waals surface area contributed by atoms with Gasteiger partial charge in [0.2, 0.25) is 5.91 Å². The zero-order valence-electron chi connectivity index (χ0n) is 15.7. The summed E-state index contributed by atoms with van der Waals surface area (Å²) in [6, 6.07) is 7.51. The summed E-state index contributed by atoms with van der Waals surface area (Å²) in [5.74, 6) is 0.276. The predicted molar refractivity (Wildman–Crippen MR) is 109 cm³/mol. The number of carbonyl (C=O) groups is 2.